The van der Waals surface area contributed by atoms with Gasteiger partial charge in [0.2, 0.25) is 5.95 Å². The molecule has 1 aliphatic carbocycles. The van der Waals surface area contributed by atoms with E-state index in [2.05, 4.69) is 44.1 Å². The Bertz CT molecular complexity index is 1300. The van der Waals surface area contributed by atoms with Crippen LogP contribution in [0.1, 0.15) is 56.7 Å². The number of nitrogens with zero attached hydrogens (tertiary/aromatic N) is 7. The minimum absolute atomic E-state index is 0.137. The molecule has 0 unspecified atom stereocenters. The molecule has 0 amide bonds. The largest absolute Gasteiger partial charge is 0.338 e. The molecule has 0 aliphatic heterocycles. The van der Waals surface area contributed by atoms with Crippen molar-refractivity contribution >= 4 is 17.0 Å². The van der Waals surface area contributed by atoms with Crippen LogP contribution in [0, 0.1) is 5.92 Å². The van der Waals surface area contributed by atoms with E-state index in [0.29, 0.717) is 29.4 Å². The van der Waals surface area contributed by atoms with Gasteiger partial charge in [-0.1, -0.05) is 44.7 Å². The number of hydrogen-bond donors (Lipinski definition) is 1. The molecular formula is C25H32N8O. The topological polar surface area (TPSA) is 97.5 Å². The average Bonchev–Trinajstić information content (AvgIpc) is 3.49. The lowest BCUT2D eigenvalue weighted by molar-refractivity contribution is 0.356. The molecule has 1 aromatic carbocycles. The Morgan fingerprint density at radius 3 is 2.82 bits per heavy atom. The van der Waals surface area contributed by atoms with E-state index in [-0.39, 0.29) is 5.56 Å². The predicted octanol–water partition coefficient (Wildman–Crippen LogP) is 3.78. The number of rotatable bonds is 8. The number of aromatic nitrogens is 7. The van der Waals surface area contributed by atoms with Crippen molar-refractivity contribution in [1.29, 1.82) is 0 Å². The van der Waals surface area contributed by atoms with Crippen molar-refractivity contribution in [1.82, 2.24) is 34.5 Å². The summed E-state index contributed by atoms with van der Waals surface area (Å²) in [6, 6.07) is 8.27. The molecule has 178 valence electrons. The fourth-order valence-electron chi connectivity index (χ4n) is 5.06. The molecule has 3 heterocycles. The fourth-order valence-corrected chi connectivity index (χ4v) is 5.06. The molecule has 0 bridgehead atoms. The first-order chi connectivity index (χ1) is 16.6. The van der Waals surface area contributed by atoms with Gasteiger partial charge in [-0.2, -0.15) is 10.2 Å². The Morgan fingerprint density at radius 1 is 1.21 bits per heavy atom. The van der Waals surface area contributed by atoms with Gasteiger partial charge in [-0.05, 0) is 42.9 Å². The van der Waals surface area contributed by atoms with E-state index in [9.17, 15) is 4.79 Å². The van der Waals surface area contributed by atoms with Crippen LogP contribution in [0.15, 0.2) is 41.7 Å². The van der Waals surface area contributed by atoms with Crippen molar-refractivity contribution in [3.05, 3.63) is 58.5 Å². The summed E-state index contributed by atoms with van der Waals surface area (Å²) in [5.41, 5.74) is 4.10. The van der Waals surface area contributed by atoms with Crippen molar-refractivity contribution in [3.8, 4) is 5.69 Å². The molecule has 1 aliphatic rings. The van der Waals surface area contributed by atoms with Crippen LogP contribution in [0.3, 0.4) is 0 Å². The van der Waals surface area contributed by atoms with Crippen LogP contribution in [0.25, 0.3) is 16.7 Å². The molecule has 9 nitrogen and oxygen atoms in total. The van der Waals surface area contributed by atoms with E-state index in [1.165, 1.54) is 38.4 Å². The van der Waals surface area contributed by atoms with E-state index in [4.69, 9.17) is 4.98 Å². The van der Waals surface area contributed by atoms with Gasteiger partial charge in [-0.25, -0.2) is 14.6 Å². The second kappa shape index (κ2) is 9.79. The fraction of sp³-hybridized carbons (Fsp3) is 0.480. The second-order valence-electron chi connectivity index (χ2n) is 9.30. The summed E-state index contributed by atoms with van der Waals surface area (Å²) in [7, 11) is 1.81. The van der Waals surface area contributed by atoms with Gasteiger partial charge in [0.1, 0.15) is 18.2 Å². The third-order valence-electron chi connectivity index (χ3n) is 6.71. The Kier molecular flexibility index (Phi) is 6.42. The molecule has 1 saturated carbocycles. The van der Waals surface area contributed by atoms with E-state index in [0.717, 1.165) is 36.3 Å². The number of fused-ring (bicyclic) bond motifs is 1. The quantitative estimate of drug-likeness (QED) is 0.430. The summed E-state index contributed by atoms with van der Waals surface area (Å²) in [6.07, 6.45) is 11.3. The molecule has 0 spiro atoms. The highest BCUT2D eigenvalue weighted by atomic mass is 16.1. The number of benzene rings is 1. The first kappa shape index (κ1) is 22.3. The Balaban J connectivity index is 1.52. The Hall–Kier alpha value is -3.49. The van der Waals surface area contributed by atoms with Gasteiger partial charge >= 0.3 is 0 Å². The van der Waals surface area contributed by atoms with Gasteiger partial charge < -0.3 is 4.90 Å². The maximum absolute atomic E-state index is 13.1. The summed E-state index contributed by atoms with van der Waals surface area (Å²) >= 11 is 0. The van der Waals surface area contributed by atoms with Gasteiger partial charge in [-0.3, -0.25) is 14.5 Å². The zero-order chi connectivity index (χ0) is 23.5. The monoisotopic (exact) mass is 460 g/mol. The summed E-state index contributed by atoms with van der Waals surface area (Å²) in [5.74, 6) is 1.22. The molecule has 0 atom stereocenters. The van der Waals surface area contributed by atoms with Gasteiger partial charge in [0, 0.05) is 20.1 Å². The van der Waals surface area contributed by atoms with Gasteiger partial charge in [0.15, 0.2) is 5.52 Å². The van der Waals surface area contributed by atoms with Crippen molar-refractivity contribution in [2.45, 2.75) is 58.4 Å². The third-order valence-corrected chi connectivity index (χ3v) is 6.71. The van der Waals surface area contributed by atoms with Gasteiger partial charge in [0.25, 0.3) is 5.56 Å². The number of nitrogens with one attached hydrogen (secondary N) is 1. The number of aromatic amines is 1. The molecular weight excluding hydrogens is 428 g/mol. The minimum atomic E-state index is -0.137. The molecule has 5 rings (SSSR count). The van der Waals surface area contributed by atoms with Crippen LogP contribution in [-0.4, -0.2) is 41.1 Å². The van der Waals surface area contributed by atoms with Crippen LogP contribution in [0.2, 0.25) is 0 Å². The standard InChI is InChI=1S/C25H32N8O/c1-3-8-21-22-23(31(2)30-21)24(34)29-25(28-22)32(14-18-9-5-4-6-10-18)15-19-11-7-12-20(13-19)33-17-26-16-27-33/h7,11-13,16-18H,3-6,8-10,14-15H2,1-2H3,(H,28,29,34). The van der Waals surface area contributed by atoms with Crippen LogP contribution in [0.4, 0.5) is 5.95 Å². The third kappa shape index (κ3) is 4.60. The molecule has 3 aromatic heterocycles. The number of anilines is 1. The molecule has 1 N–H and O–H groups in total. The summed E-state index contributed by atoms with van der Waals surface area (Å²) in [6.45, 7) is 3.63. The lowest BCUT2D eigenvalue weighted by Gasteiger charge is -2.30. The normalized spacial score (nSPS) is 14.6. The molecule has 34 heavy (non-hydrogen) atoms. The lowest BCUT2D eigenvalue weighted by Crippen LogP contribution is -2.33. The lowest BCUT2D eigenvalue weighted by atomic mass is 9.89. The van der Waals surface area contributed by atoms with Crippen molar-refractivity contribution in [2.75, 3.05) is 11.4 Å². The summed E-state index contributed by atoms with van der Waals surface area (Å²) in [5, 5.41) is 8.84. The maximum Gasteiger partial charge on any atom is 0.278 e. The van der Waals surface area contributed by atoms with Gasteiger partial charge in [0.05, 0.1) is 11.4 Å². The summed E-state index contributed by atoms with van der Waals surface area (Å²) in [4.78, 5) is 27.4. The number of aryl methyl sites for hydroxylation is 2. The van der Waals surface area contributed by atoms with E-state index in [1.807, 2.05) is 19.2 Å². The van der Waals surface area contributed by atoms with Crippen molar-refractivity contribution in [3.63, 3.8) is 0 Å². The Labute approximate surface area is 198 Å². The molecule has 1 fully saturated rings. The van der Waals surface area contributed by atoms with E-state index < -0.39 is 0 Å². The number of H-pyrrole nitrogens is 1. The molecule has 0 saturated heterocycles. The zero-order valence-electron chi connectivity index (χ0n) is 19.9. The molecule has 9 heteroatoms. The first-order valence-corrected chi connectivity index (χ1v) is 12.3. The van der Waals surface area contributed by atoms with Crippen LogP contribution >= 0.6 is 0 Å². The zero-order valence-corrected chi connectivity index (χ0v) is 19.9. The number of hydrogen-bond acceptors (Lipinski definition) is 6. The SMILES string of the molecule is CCCc1nn(C)c2c(=O)[nH]c(N(Cc3cccc(-n4cncn4)c3)CC3CCCCC3)nc12. The summed E-state index contributed by atoms with van der Waals surface area (Å²) < 4.78 is 3.41. The van der Waals surface area contributed by atoms with Crippen LogP contribution in [-0.2, 0) is 20.0 Å². The van der Waals surface area contributed by atoms with Crippen LogP contribution in [0.5, 0.6) is 0 Å². The highest BCUT2D eigenvalue weighted by Gasteiger charge is 2.22. The smallest absolute Gasteiger partial charge is 0.278 e. The van der Waals surface area contributed by atoms with Crippen molar-refractivity contribution in [2.24, 2.45) is 13.0 Å². The second-order valence-corrected chi connectivity index (χ2v) is 9.30. The van der Waals surface area contributed by atoms with Gasteiger partial charge in [-0.15, -0.1) is 0 Å². The van der Waals surface area contributed by atoms with E-state index >= 15 is 0 Å². The average molecular weight is 461 g/mol. The predicted molar refractivity (Wildman–Crippen MR) is 132 cm³/mol. The highest BCUT2D eigenvalue weighted by Crippen LogP contribution is 2.27. The molecule has 0 radical (unpaired) electrons. The minimum Gasteiger partial charge on any atom is -0.338 e. The Morgan fingerprint density at radius 2 is 2.06 bits per heavy atom. The first-order valence-electron chi connectivity index (χ1n) is 12.3. The highest BCUT2D eigenvalue weighted by molar-refractivity contribution is 5.77. The molecule has 4 aromatic rings. The van der Waals surface area contributed by atoms with E-state index in [1.54, 1.807) is 15.7 Å². The maximum atomic E-state index is 13.1. The van der Waals surface area contributed by atoms with Crippen LogP contribution < -0.4 is 10.5 Å². The van der Waals surface area contributed by atoms with Crippen molar-refractivity contribution < 1.29 is 0 Å².